The summed E-state index contributed by atoms with van der Waals surface area (Å²) in [7, 11) is 1.81. The second-order valence-corrected chi connectivity index (χ2v) is 4.66. The predicted octanol–water partition coefficient (Wildman–Crippen LogP) is 1.48. The van der Waals surface area contributed by atoms with E-state index in [1.165, 1.54) is 0 Å². The van der Waals surface area contributed by atoms with E-state index in [2.05, 4.69) is 11.9 Å². The van der Waals surface area contributed by atoms with Crippen molar-refractivity contribution in [1.82, 2.24) is 9.88 Å². The molecular weight excluding hydrogens is 222 g/mol. The Morgan fingerprint density at radius 1 is 1.69 bits per heavy atom. The van der Waals surface area contributed by atoms with Gasteiger partial charge in [-0.3, -0.25) is 4.79 Å². The number of nitrogens with zero attached hydrogens (tertiary/aromatic N) is 2. The zero-order valence-corrected chi connectivity index (χ0v) is 10.7. The Hall–Kier alpha value is -0.940. The molecule has 0 aliphatic carbocycles. The van der Waals surface area contributed by atoms with Crippen molar-refractivity contribution in [3.05, 3.63) is 16.6 Å². The molecular formula is C11H19N3OS. The Bertz CT molecular complexity index is 309. The van der Waals surface area contributed by atoms with Crippen LogP contribution in [0.3, 0.4) is 0 Å². The van der Waals surface area contributed by atoms with Gasteiger partial charge in [0.15, 0.2) is 0 Å². The molecule has 4 nitrogen and oxygen atoms in total. The number of hydrogen-bond donors (Lipinski definition) is 1. The monoisotopic (exact) mass is 241 g/mol. The molecule has 0 radical (unpaired) electrons. The average molecular weight is 241 g/mol. The number of carbonyl (C=O) groups is 1. The number of carbonyl (C=O) groups excluding carboxylic acids is 1. The van der Waals surface area contributed by atoms with Crippen molar-refractivity contribution >= 4 is 17.2 Å². The molecule has 1 aromatic rings. The summed E-state index contributed by atoms with van der Waals surface area (Å²) >= 11 is 1.55. The summed E-state index contributed by atoms with van der Waals surface area (Å²) < 4.78 is 0. The normalized spacial score (nSPS) is 12.4. The van der Waals surface area contributed by atoms with Gasteiger partial charge in [-0.1, -0.05) is 13.3 Å². The number of hydrogen-bond acceptors (Lipinski definition) is 4. The zero-order valence-electron chi connectivity index (χ0n) is 9.85. The molecule has 16 heavy (non-hydrogen) atoms. The van der Waals surface area contributed by atoms with E-state index in [-0.39, 0.29) is 5.91 Å². The topological polar surface area (TPSA) is 59.2 Å². The maximum absolute atomic E-state index is 11.8. The summed E-state index contributed by atoms with van der Waals surface area (Å²) in [4.78, 5) is 17.7. The Morgan fingerprint density at radius 2 is 2.44 bits per heavy atom. The molecule has 1 atom stereocenters. The van der Waals surface area contributed by atoms with E-state index in [0.717, 1.165) is 12.1 Å². The molecule has 5 heteroatoms. The fourth-order valence-corrected chi connectivity index (χ4v) is 1.99. The van der Waals surface area contributed by atoms with E-state index in [1.807, 2.05) is 12.4 Å². The van der Waals surface area contributed by atoms with Crippen LogP contribution in [0, 0.1) is 5.92 Å². The molecule has 1 aromatic heterocycles. The van der Waals surface area contributed by atoms with Gasteiger partial charge >= 0.3 is 0 Å². The first-order chi connectivity index (χ1) is 7.67. The minimum absolute atomic E-state index is 0.144. The van der Waals surface area contributed by atoms with Crippen molar-refractivity contribution in [3.63, 3.8) is 0 Å². The van der Waals surface area contributed by atoms with Crippen LogP contribution in [-0.2, 0) is 11.3 Å². The van der Waals surface area contributed by atoms with Gasteiger partial charge in [-0.25, -0.2) is 4.98 Å². The van der Waals surface area contributed by atoms with Crippen molar-refractivity contribution in [2.24, 2.45) is 11.7 Å². The Labute approximate surface area is 100 Å². The molecule has 0 saturated heterocycles. The largest absolute Gasteiger partial charge is 0.340 e. The second kappa shape index (κ2) is 6.60. The van der Waals surface area contributed by atoms with E-state index in [9.17, 15) is 4.79 Å². The predicted molar refractivity (Wildman–Crippen MR) is 66.0 cm³/mol. The lowest BCUT2D eigenvalue weighted by Crippen LogP contribution is -2.29. The van der Waals surface area contributed by atoms with Gasteiger partial charge in [-0.15, -0.1) is 11.3 Å². The Balaban J connectivity index is 2.41. The van der Waals surface area contributed by atoms with E-state index >= 15 is 0 Å². The van der Waals surface area contributed by atoms with E-state index in [4.69, 9.17) is 5.73 Å². The van der Waals surface area contributed by atoms with Gasteiger partial charge in [-0.05, 0) is 12.5 Å². The van der Waals surface area contributed by atoms with Crippen molar-refractivity contribution in [3.8, 4) is 0 Å². The average Bonchev–Trinajstić information content (AvgIpc) is 2.78. The smallest absolute Gasteiger partial charge is 0.222 e. The summed E-state index contributed by atoms with van der Waals surface area (Å²) in [6, 6.07) is 0. The number of aromatic nitrogens is 1. The van der Waals surface area contributed by atoms with Gasteiger partial charge < -0.3 is 10.6 Å². The minimum Gasteiger partial charge on any atom is -0.340 e. The van der Waals surface area contributed by atoms with Crippen molar-refractivity contribution in [2.45, 2.75) is 26.3 Å². The van der Waals surface area contributed by atoms with Crippen LogP contribution in [0.1, 0.15) is 25.5 Å². The Morgan fingerprint density at radius 3 is 2.94 bits per heavy atom. The maximum atomic E-state index is 11.8. The molecule has 1 unspecified atom stereocenters. The highest BCUT2D eigenvalue weighted by molar-refractivity contribution is 7.07. The van der Waals surface area contributed by atoms with E-state index < -0.39 is 0 Å². The third-order valence-corrected chi connectivity index (χ3v) is 3.32. The first kappa shape index (κ1) is 13.1. The number of nitrogens with two attached hydrogens (primary N) is 1. The summed E-state index contributed by atoms with van der Waals surface area (Å²) in [5, 5.41) is 1.96. The van der Waals surface area contributed by atoms with Crippen molar-refractivity contribution in [1.29, 1.82) is 0 Å². The molecule has 0 fully saturated rings. The number of thiazole rings is 1. The molecule has 2 N–H and O–H groups in total. The van der Waals surface area contributed by atoms with Crippen LogP contribution >= 0.6 is 11.3 Å². The summed E-state index contributed by atoms with van der Waals surface area (Å²) in [5.74, 6) is 0.440. The van der Waals surface area contributed by atoms with Crippen LogP contribution < -0.4 is 5.73 Å². The molecule has 0 saturated carbocycles. The van der Waals surface area contributed by atoms with Crippen molar-refractivity contribution in [2.75, 3.05) is 13.6 Å². The molecule has 1 amide bonds. The summed E-state index contributed by atoms with van der Waals surface area (Å²) in [6.07, 6.45) is 1.49. The molecule has 1 rings (SSSR count). The SMILES string of the molecule is CCC(CN)CC(=O)N(C)Cc1cscn1. The van der Waals surface area contributed by atoms with E-state index in [1.54, 1.807) is 21.7 Å². The highest BCUT2D eigenvalue weighted by atomic mass is 32.1. The highest BCUT2D eigenvalue weighted by Crippen LogP contribution is 2.10. The van der Waals surface area contributed by atoms with Crippen LogP contribution in [0.15, 0.2) is 10.9 Å². The first-order valence-electron chi connectivity index (χ1n) is 5.48. The molecule has 0 spiro atoms. The highest BCUT2D eigenvalue weighted by Gasteiger charge is 2.15. The standard InChI is InChI=1S/C11H19N3OS/c1-3-9(5-12)4-11(15)14(2)6-10-7-16-8-13-10/h7-9H,3-6,12H2,1-2H3. The lowest BCUT2D eigenvalue weighted by Gasteiger charge is -2.19. The molecule has 1 heterocycles. The van der Waals surface area contributed by atoms with Gasteiger partial charge in [0.1, 0.15) is 0 Å². The summed E-state index contributed by atoms with van der Waals surface area (Å²) in [5.41, 5.74) is 8.31. The first-order valence-corrected chi connectivity index (χ1v) is 6.42. The third-order valence-electron chi connectivity index (χ3n) is 2.68. The fourth-order valence-electron chi connectivity index (χ4n) is 1.44. The van der Waals surface area contributed by atoms with E-state index in [0.29, 0.717) is 25.4 Å². The van der Waals surface area contributed by atoms with Gasteiger partial charge in [0.2, 0.25) is 5.91 Å². The molecule has 0 aromatic carbocycles. The molecule has 0 bridgehead atoms. The zero-order chi connectivity index (χ0) is 12.0. The van der Waals surface area contributed by atoms with Crippen LogP contribution in [0.25, 0.3) is 0 Å². The third kappa shape index (κ3) is 3.90. The van der Waals surface area contributed by atoms with Crippen LogP contribution in [0.2, 0.25) is 0 Å². The molecule has 90 valence electrons. The quantitative estimate of drug-likeness (QED) is 0.820. The van der Waals surface area contributed by atoms with Gasteiger partial charge in [0.25, 0.3) is 0 Å². The fraction of sp³-hybridized carbons (Fsp3) is 0.636. The summed E-state index contributed by atoms with van der Waals surface area (Å²) in [6.45, 7) is 3.22. The Kier molecular flexibility index (Phi) is 5.42. The minimum atomic E-state index is 0.144. The second-order valence-electron chi connectivity index (χ2n) is 3.94. The van der Waals surface area contributed by atoms with Gasteiger partial charge in [-0.2, -0.15) is 0 Å². The van der Waals surface area contributed by atoms with Gasteiger partial charge in [0.05, 0.1) is 17.7 Å². The number of amides is 1. The maximum Gasteiger partial charge on any atom is 0.222 e. The van der Waals surface area contributed by atoms with Crippen LogP contribution in [-0.4, -0.2) is 29.4 Å². The molecule has 0 aliphatic heterocycles. The van der Waals surface area contributed by atoms with Crippen LogP contribution in [0.5, 0.6) is 0 Å². The lowest BCUT2D eigenvalue weighted by molar-refractivity contribution is -0.131. The lowest BCUT2D eigenvalue weighted by atomic mass is 10.0. The van der Waals surface area contributed by atoms with Crippen LogP contribution in [0.4, 0.5) is 0 Å². The van der Waals surface area contributed by atoms with Gasteiger partial charge in [0, 0.05) is 18.8 Å². The number of rotatable bonds is 6. The van der Waals surface area contributed by atoms with Crippen molar-refractivity contribution < 1.29 is 4.79 Å². The molecule has 0 aliphatic rings.